The van der Waals surface area contributed by atoms with Gasteiger partial charge in [0.05, 0.1) is 0 Å². The summed E-state index contributed by atoms with van der Waals surface area (Å²) >= 11 is 0. The van der Waals surface area contributed by atoms with E-state index in [1.54, 1.807) is 0 Å². The van der Waals surface area contributed by atoms with E-state index in [2.05, 4.69) is 24.1 Å². The number of hydrogen-bond acceptors (Lipinski definition) is 2. The van der Waals surface area contributed by atoms with Gasteiger partial charge in [0.2, 0.25) is 11.3 Å². The first kappa shape index (κ1) is 11.5. The van der Waals surface area contributed by atoms with Crippen molar-refractivity contribution in [1.82, 2.24) is 4.98 Å². The minimum atomic E-state index is -0.174. The van der Waals surface area contributed by atoms with Crippen molar-refractivity contribution < 1.29 is 4.79 Å². The molecule has 0 fully saturated rings. The molecule has 0 aliphatic carbocycles. The van der Waals surface area contributed by atoms with E-state index in [-0.39, 0.29) is 11.3 Å². The zero-order valence-electron chi connectivity index (χ0n) is 9.04. The molecule has 2 N–H and O–H groups in total. The SMILES string of the molecule is CC(C)CCC(=O)Nc1c[nH]ccc1=O. The fraction of sp³-hybridized carbons (Fsp3) is 0.455. The van der Waals surface area contributed by atoms with Crippen LogP contribution in [0, 0.1) is 5.92 Å². The highest BCUT2D eigenvalue weighted by molar-refractivity contribution is 5.90. The molecule has 1 amide bonds. The zero-order chi connectivity index (χ0) is 11.3. The van der Waals surface area contributed by atoms with Crippen molar-refractivity contribution in [3.63, 3.8) is 0 Å². The lowest BCUT2D eigenvalue weighted by atomic mass is 10.1. The highest BCUT2D eigenvalue weighted by Crippen LogP contribution is 2.05. The van der Waals surface area contributed by atoms with Crippen molar-refractivity contribution in [3.8, 4) is 0 Å². The average Bonchev–Trinajstić information content (AvgIpc) is 2.18. The quantitative estimate of drug-likeness (QED) is 0.791. The van der Waals surface area contributed by atoms with Gasteiger partial charge in [0.25, 0.3) is 0 Å². The summed E-state index contributed by atoms with van der Waals surface area (Å²) in [6.45, 7) is 4.12. The van der Waals surface area contributed by atoms with Crippen LogP contribution in [-0.4, -0.2) is 10.9 Å². The summed E-state index contributed by atoms with van der Waals surface area (Å²) in [6, 6.07) is 1.39. The summed E-state index contributed by atoms with van der Waals surface area (Å²) in [5.41, 5.74) is 0.137. The van der Waals surface area contributed by atoms with Crippen LogP contribution >= 0.6 is 0 Å². The summed E-state index contributed by atoms with van der Waals surface area (Å²) in [5.74, 6) is 0.380. The van der Waals surface area contributed by atoms with Gasteiger partial charge in [-0.25, -0.2) is 0 Å². The van der Waals surface area contributed by atoms with Crippen LogP contribution in [0.1, 0.15) is 26.7 Å². The summed E-state index contributed by atoms with van der Waals surface area (Å²) in [6.07, 6.45) is 4.31. The van der Waals surface area contributed by atoms with E-state index in [9.17, 15) is 9.59 Å². The van der Waals surface area contributed by atoms with Crippen molar-refractivity contribution in [3.05, 3.63) is 28.7 Å². The summed E-state index contributed by atoms with van der Waals surface area (Å²) in [7, 11) is 0. The molecule has 4 heteroatoms. The van der Waals surface area contributed by atoms with Crippen molar-refractivity contribution in [2.24, 2.45) is 5.92 Å². The molecule has 0 bridgehead atoms. The molecule has 0 atom stereocenters. The molecule has 0 spiro atoms. The molecule has 0 unspecified atom stereocenters. The fourth-order valence-electron chi connectivity index (χ4n) is 1.15. The maximum atomic E-state index is 11.4. The van der Waals surface area contributed by atoms with Gasteiger partial charge in [-0.2, -0.15) is 0 Å². The molecule has 1 heterocycles. The van der Waals surface area contributed by atoms with Crippen molar-refractivity contribution in [1.29, 1.82) is 0 Å². The monoisotopic (exact) mass is 208 g/mol. The van der Waals surface area contributed by atoms with Crippen LogP contribution in [0.15, 0.2) is 23.3 Å². The van der Waals surface area contributed by atoms with Crippen LogP contribution in [0.4, 0.5) is 5.69 Å². The van der Waals surface area contributed by atoms with Gasteiger partial charge >= 0.3 is 0 Å². The van der Waals surface area contributed by atoms with E-state index >= 15 is 0 Å². The number of aromatic nitrogens is 1. The number of H-pyrrole nitrogens is 1. The number of aromatic amines is 1. The van der Waals surface area contributed by atoms with Crippen molar-refractivity contribution >= 4 is 11.6 Å². The first-order valence-electron chi connectivity index (χ1n) is 5.06. The molecule has 82 valence electrons. The predicted octanol–water partition coefficient (Wildman–Crippen LogP) is 1.75. The third-order valence-electron chi connectivity index (χ3n) is 2.05. The molecule has 0 aliphatic rings. The standard InChI is InChI=1S/C11H16N2O2/c1-8(2)3-4-11(15)13-9-7-12-6-5-10(9)14/h5-8H,3-4H2,1-2H3,(H,12,14)(H,13,15). The topological polar surface area (TPSA) is 62.0 Å². The van der Waals surface area contributed by atoms with Gasteiger partial charge in [0.15, 0.2) is 0 Å². The Morgan fingerprint density at radius 1 is 1.53 bits per heavy atom. The number of pyridine rings is 1. The van der Waals surface area contributed by atoms with Gasteiger partial charge in [0, 0.05) is 24.9 Å². The van der Waals surface area contributed by atoms with E-state index in [0.29, 0.717) is 18.0 Å². The molecular weight excluding hydrogens is 192 g/mol. The maximum Gasteiger partial charge on any atom is 0.224 e. The number of carbonyl (C=O) groups is 1. The number of anilines is 1. The van der Waals surface area contributed by atoms with Crippen LogP contribution in [-0.2, 0) is 4.79 Å². The minimum absolute atomic E-state index is 0.111. The van der Waals surface area contributed by atoms with Crippen LogP contribution in [0.3, 0.4) is 0 Å². The first-order chi connectivity index (χ1) is 7.09. The Balaban J connectivity index is 2.52. The maximum absolute atomic E-state index is 11.4. The average molecular weight is 208 g/mol. The molecule has 0 saturated carbocycles. The van der Waals surface area contributed by atoms with E-state index in [4.69, 9.17) is 0 Å². The molecule has 1 aromatic heterocycles. The number of amides is 1. The number of nitrogens with one attached hydrogen (secondary N) is 2. The Morgan fingerprint density at radius 2 is 2.27 bits per heavy atom. The molecule has 1 aromatic rings. The predicted molar refractivity (Wildman–Crippen MR) is 59.8 cm³/mol. The minimum Gasteiger partial charge on any atom is -0.366 e. The van der Waals surface area contributed by atoms with E-state index in [0.717, 1.165) is 6.42 Å². The Morgan fingerprint density at radius 3 is 2.87 bits per heavy atom. The molecule has 0 radical (unpaired) electrons. The van der Waals surface area contributed by atoms with Crippen molar-refractivity contribution in [2.45, 2.75) is 26.7 Å². The van der Waals surface area contributed by atoms with Gasteiger partial charge in [-0.3, -0.25) is 9.59 Å². The van der Waals surface area contributed by atoms with E-state index in [1.807, 2.05) is 0 Å². The van der Waals surface area contributed by atoms with E-state index in [1.165, 1.54) is 18.5 Å². The molecular formula is C11H16N2O2. The Labute approximate surface area is 88.7 Å². The smallest absolute Gasteiger partial charge is 0.224 e. The highest BCUT2D eigenvalue weighted by atomic mass is 16.2. The van der Waals surface area contributed by atoms with Crippen LogP contribution in [0.5, 0.6) is 0 Å². The lowest BCUT2D eigenvalue weighted by Crippen LogP contribution is -2.17. The normalized spacial score (nSPS) is 10.3. The number of hydrogen-bond donors (Lipinski definition) is 2. The third-order valence-corrected chi connectivity index (χ3v) is 2.05. The van der Waals surface area contributed by atoms with Crippen LogP contribution in [0.25, 0.3) is 0 Å². The van der Waals surface area contributed by atoms with Crippen LogP contribution < -0.4 is 10.7 Å². The van der Waals surface area contributed by atoms with Gasteiger partial charge in [-0.15, -0.1) is 0 Å². The molecule has 0 aromatic carbocycles. The second-order valence-electron chi connectivity index (χ2n) is 3.90. The van der Waals surface area contributed by atoms with Gasteiger partial charge in [-0.1, -0.05) is 13.8 Å². The second kappa shape index (κ2) is 5.34. The lowest BCUT2D eigenvalue weighted by Gasteiger charge is -2.05. The van der Waals surface area contributed by atoms with Gasteiger partial charge in [-0.05, 0) is 12.3 Å². The first-order valence-corrected chi connectivity index (χ1v) is 5.06. The second-order valence-corrected chi connectivity index (χ2v) is 3.90. The summed E-state index contributed by atoms with van der Waals surface area (Å²) in [4.78, 5) is 25.4. The van der Waals surface area contributed by atoms with Gasteiger partial charge in [0.1, 0.15) is 5.69 Å². The fourth-order valence-corrected chi connectivity index (χ4v) is 1.15. The summed E-state index contributed by atoms with van der Waals surface area (Å²) in [5, 5.41) is 2.58. The van der Waals surface area contributed by atoms with Crippen LogP contribution in [0.2, 0.25) is 0 Å². The molecule has 0 aliphatic heterocycles. The van der Waals surface area contributed by atoms with E-state index < -0.39 is 0 Å². The Hall–Kier alpha value is -1.58. The largest absolute Gasteiger partial charge is 0.366 e. The molecule has 4 nitrogen and oxygen atoms in total. The number of rotatable bonds is 4. The third kappa shape index (κ3) is 3.97. The van der Waals surface area contributed by atoms with Crippen molar-refractivity contribution in [2.75, 3.05) is 5.32 Å². The lowest BCUT2D eigenvalue weighted by molar-refractivity contribution is -0.116. The highest BCUT2D eigenvalue weighted by Gasteiger charge is 2.05. The number of carbonyl (C=O) groups excluding carboxylic acids is 1. The molecule has 0 saturated heterocycles. The molecule has 1 rings (SSSR count). The summed E-state index contributed by atoms with van der Waals surface area (Å²) < 4.78 is 0. The Bertz CT molecular complexity index is 382. The zero-order valence-corrected chi connectivity index (χ0v) is 9.04. The van der Waals surface area contributed by atoms with Gasteiger partial charge < -0.3 is 10.3 Å². The molecule has 15 heavy (non-hydrogen) atoms. The Kier molecular flexibility index (Phi) is 4.09.